The van der Waals surface area contributed by atoms with Gasteiger partial charge in [-0.3, -0.25) is 9.69 Å². The summed E-state index contributed by atoms with van der Waals surface area (Å²) >= 11 is 0. The second kappa shape index (κ2) is 4.31. The molecule has 2 aromatic rings. The Morgan fingerprint density at radius 3 is 3.15 bits per heavy atom. The van der Waals surface area contributed by atoms with Gasteiger partial charge in [0.1, 0.15) is 5.69 Å². The molecule has 1 amide bonds. The first-order chi connectivity index (χ1) is 9.72. The van der Waals surface area contributed by atoms with Gasteiger partial charge >= 0.3 is 0 Å². The molecule has 3 atom stereocenters. The lowest BCUT2D eigenvalue weighted by atomic mass is 9.95. The lowest BCUT2D eigenvalue weighted by molar-refractivity contribution is 0.0922. The van der Waals surface area contributed by atoms with E-state index in [-0.39, 0.29) is 11.9 Å². The van der Waals surface area contributed by atoms with Crippen molar-refractivity contribution in [1.29, 1.82) is 0 Å². The van der Waals surface area contributed by atoms with Crippen LogP contribution in [0.4, 0.5) is 0 Å². The minimum absolute atomic E-state index is 0.0842. The fourth-order valence-corrected chi connectivity index (χ4v) is 3.65. The summed E-state index contributed by atoms with van der Waals surface area (Å²) in [5.41, 5.74) is 1.17. The second-order valence-corrected chi connectivity index (χ2v) is 5.81. The molecule has 2 bridgehead atoms. The molecular formula is C15H17N3O2. The zero-order chi connectivity index (χ0) is 13.7. The fourth-order valence-electron chi connectivity index (χ4n) is 3.65. The smallest absolute Gasteiger partial charge is 0.270 e. The highest BCUT2D eigenvalue weighted by Gasteiger charge is 2.44. The number of aromatic nitrogens is 1. The number of hydrogen-bond acceptors (Lipinski definition) is 4. The molecule has 5 heteroatoms. The van der Waals surface area contributed by atoms with Crippen LogP contribution in [0.25, 0.3) is 11.0 Å². The average Bonchev–Trinajstić information content (AvgIpc) is 3.13. The number of pyridine rings is 1. The monoisotopic (exact) mass is 271 g/mol. The van der Waals surface area contributed by atoms with Crippen LogP contribution in [0.3, 0.4) is 0 Å². The molecule has 4 rings (SSSR count). The van der Waals surface area contributed by atoms with Crippen LogP contribution in [0.1, 0.15) is 29.8 Å². The van der Waals surface area contributed by atoms with E-state index in [1.165, 1.54) is 12.8 Å². The maximum absolute atomic E-state index is 12.3. The summed E-state index contributed by atoms with van der Waals surface area (Å²) in [7, 11) is 2.16. The summed E-state index contributed by atoms with van der Waals surface area (Å²) in [6, 6.07) is 5.01. The predicted molar refractivity (Wildman–Crippen MR) is 74.5 cm³/mol. The van der Waals surface area contributed by atoms with E-state index in [4.69, 9.17) is 4.42 Å². The van der Waals surface area contributed by atoms with Gasteiger partial charge in [-0.15, -0.1) is 0 Å². The molecule has 2 unspecified atom stereocenters. The minimum Gasteiger partial charge on any atom is -0.463 e. The number of hydrogen-bond donors (Lipinski definition) is 1. The van der Waals surface area contributed by atoms with Crippen molar-refractivity contribution in [1.82, 2.24) is 15.2 Å². The third-order valence-electron chi connectivity index (χ3n) is 4.77. The number of amides is 1. The Morgan fingerprint density at radius 2 is 2.40 bits per heavy atom. The van der Waals surface area contributed by atoms with Crippen molar-refractivity contribution in [3.63, 3.8) is 0 Å². The van der Waals surface area contributed by atoms with Gasteiger partial charge < -0.3 is 9.73 Å². The third-order valence-corrected chi connectivity index (χ3v) is 4.77. The first kappa shape index (κ1) is 11.9. The van der Waals surface area contributed by atoms with Crippen molar-refractivity contribution >= 4 is 16.9 Å². The summed E-state index contributed by atoms with van der Waals surface area (Å²) < 4.78 is 5.24. The van der Waals surface area contributed by atoms with Gasteiger partial charge in [-0.1, -0.05) is 0 Å². The van der Waals surface area contributed by atoms with Crippen LogP contribution >= 0.6 is 0 Å². The molecule has 0 saturated carbocycles. The number of carbonyl (C=O) groups is 1. The Bertz CT molecular complexity index is 666. The molecule has 0 aliphatic carbocycles. The average molecular weight is 271 g/mol. The van der Waals surface area contributed by atoms with Crippen molar-refractivity contribution in [2.75, 3.05) is 7.05 Å². The zero-order valence-electron chi connectivity index (χ0n) is 11.4. The largest absolute Gasteiger partial charge is 0.463 e. The van der Waals surface area contributed by atoms with E-state index in [1.807, 2.05) is 6.07 Å². The Hall–Kier alpha value is -1.88. The van der Waals surface area contributed by atoms with Crippen LogP contribution in [0, 0.1) is 0 Å². The molecule has 0 spiro atoms. The quantitative estimate of drug-likeness (QED) is 0.904. The summed E-state index contributed by atoms with van der Waals surface area (Å²) in [4.78, 5) is 18.9. The number of fused-ring (bicyclic) bond motifs is 3. The molecule has 2 aliphatic rings. The Labute approximate surface area is 117 Å². The van der Waals surface area contributed by atoms with Crippen LogP contribution in [0.15, 0.2) is 29.0 Å². The molecule has 2 aliphatic heterocycles. The predicted octanol–water partition coefficient (Wildman–Crippen LogP) is 1.79. The SMILES string of the molecule is CN1C2CCC1[C@H](NC(=O)c1cc3ccoc3cn1)C2. The molecule has 2 saturated heterocycles. The maximum atomic E-state index is 12.3. The van der Waals surface area contributed by atoms with Crippen molar-refractivity contribution in [3.8, 4) is 0 Å². The van der Waals surface area contributed by atoms with Crippen LogP contribution in [-0.4, -0.2) is 41.0 Å². The molecular weight excluding hydrogens is 254 g/mol. The summed E-state index contributed by atoms with van der Waals surface area (Å²) in [6.07, 6.45) is 6.71. The Morgan fingerprint density at radius 1 is 1.50 bits per heavy atom. The standard InChI is InChI=1S/C15H17N3O2/c1-18-10-2-3-13(18)11(7-10)17-15(19)12-6-9-4-5-20-14(9)8-16-12/h4-6,8,10-11,13H,2-3,7H2,1H3,(H,17,19)/t10?,11-,13?/m1/s1. The summed E-state index contributed by atoms with van der Waals surface area (Å²) in [5.74, 6) is -0.0842. The summed E-state index contributed by atoms with van der Waals surface area (Å²) in [6.45, 7) is 0. The fraction of sp³-hybridized carbons (Fsp3) is 0.467. The maximum Gasteiger partial charge on any atom is 0.270 e. The van der Waals surface area contributed by atoms with E-state index >= 15 is 0 Å². The van der Waals surface area contributed by atoms with Gasteiger partial charge in [0, 0.05) is 23.5 Å². The number of rotatable bonds is 2. The topological polar surface area (TPSA) is 58.4 Å². The van der Waals surface area contributed by atoms with Gasteiger partial charge in [0.2, 0.25) is 0 Å². The molecule has 2 fully saturated rings. The van der Waals surface area contributed by atoms with Crippen molar-refractivity contribution in [2.45, 2.75) is 37.4 Å². The van der Waals surface area contributed by atoms with E-state index in [0.717, 1.165) is 11.8 Å². The van der Waals surface area contributed by atoms with Gasteiger partial charge in [0.15, 0.2) is 5.58 Å². The summed E-state index contributed by atoms with van der Waals surface area (Å²) in [5, 5.41) is 4.05. The number of furan rings is 1. The van der Waals surface area contributed by atoms with E-state index in [9.17, 15) is 4.79 Å². The van der Waals surface area contributed by atoms with Gasteiger partial charge in [-0.2, -0.15) is 0 Å². The molecule has 5 nitrogen and oxygen atoms in total. The molecule has 0 radical (unpaired) electrons. The molecule has 1 N–H and O–H groups in total. The number of nitrogens with zero attached hydrogens (tertiary/aromatic N) is 2. The van der Waals surface area contributed by atoms with Crippen LogP contribution in [0.5, 0.6) is 0 Å². The van der Waals surface area contributed by atoms with E-state index < -0.39 is 0 Å². The highest BCUT2D eigenvalue weighted by molar-refractivity contribution is 5.95. The molecule has 2 aromatic heterocycles. The van der Waals surface area contributed by atoms with Crippen molar-refractivity contribution in [3.05, 3.63) is 30.3 Å². The zero-order valence-corrected chi connectivity index (χ0v) is 11.4. The van der Waals surface area contributed by atoms with Gasteiger partial charge in [0.05, 0.1) is 12.5 Å². The van der Waals surface area contributed by atoms with E-state index in [2.05, 4.69) is 22.2 Å². The molecule has 4 heterocycles. The Kier molecular flexibility index (Phi) is 2.57. The normalized spacial score (nSPS) is 29.1. The number of carbonyl (C=O) groups excluding carboxylic acids is 1. The van der Waals surface area contributed by atoms with Gasteiger partial charge in [0.25, 0.3) is 5.91 Å². The first-order valence-electron chi connectivity index (χ1n) is 7.08. The van der Waals surface area contributed by atoms with Crippen LogP contribution in [0.2, 0.25) is 0 Å². The van der Waals surface area contributed by atoms with Gasteiger partial charge in [-0.05, 0) is 38.4 Å². The van der Waals surface area contributed by atoms with Gasteiger partial charge in [-0.25, -0.2) is 4.98 Å². The molecule has 20 heavy (non-hydrogen) atoms. The number of likely N-dealkylation sites (N-methyl/N-ethyl adjacent to an activating group) is 1. The van der Waals surface area contributed by atoms with E-state index in [0.29, 0.717) is 23.4 Å². The second-order valence-electron chi connectivity index (χ2n) is 5.81. The highest BCUT2D eigenvalue weighted by atomic mass is 16.3. The third kappa shape index (κ3) is 1.73. The van der Waals surface area contributed by atoms with Crippen molar-refractivity contribution < 1.29 is 9.21 Å². The first-order valence-corrected chi connectivity index (χ1v) is 7.08. The Balaban J connectivity index is 1.53. The van der Waals surface area contributed by atoms with E-state index in [1.54, 1.807) is 18.5 Å². The van der Waals surface area contributed by atoms with Crippen LogP contribution < -0.4 is 5.32 Å². The number of nitrogens with one attached hydrogen (secondary N) is 1. The van der Waals surface area contributed by atoms with Crippen LogP contribution in [-0.2, 0) is 0 Å². The molecule has 104 valence electrons. The highest BCUT2D eigenvalue weighted by Crippen LogP contribution is 2.36. The van der Waals surface area contributed by atoms with Crippen molar-refractivity contribution in [2.24, 2.45) is 0 Å². The molecule has 0 aromatic carbocycles. The minimum atomic E-state index is -0.0842. The lowest BCUT2D eigenvalue weighted by Crippen LogP contribution is -2.43. The lowest BCUT2D eigenvalue weighted by Gasteiger charge is -2.22.